The smallest absolute Gasteiger partial charge is 0.246 e. The van der Waals surface area contributed by atoms with Gasteiger partial charge < -0.3 is 15.4 Å². The number of benzene rings is 1. The molecule has 2 aliphatic rings. The molecular formula is C16H20N2O2. The first-order valence-electron chi connectivity index (χ1n) is 7.13. The van der Waals surface area contributed by atoms with Crippen molar-refractivity contribution >= 4 is 5.91 Å². The molecule has 1 amide bonds. The summed E-state index contributed by atoms with van der Waals surface area (Å²) in [4.78, 5) is 11.5. The topological polar surface area (TPSA) is 50.4 Å². The third kappa shape index (κ3) is 3.13. The van der Waals surface area contributed by atoms with Crippen LogP contribution in [0.4, 0.5) is 0 Å². The number of carbonyl (C=O) groups excluding carboxylic acids is 1. The third-order valence-corrected chi connectivity index (χ3v) is 3.90. The highest BCUT2D eigenvalue weighted by atomic mass is 16.5. The summed E-state index contributed by atoms with van der Waals surface area (Å²) in [6.07, 6.45) is 5.36. The van der Waals surface area contributed by atoms with Crippen molar-refractivity contribution in [3.05, 3.63) is 41.6 Å². The SMILES string of the molecule is COc1ccc(CNC2=CC(=O)N[C@@H]2CC2CC2)cc1. The number of ether oxygens (including phenoxy) is 1. The highest BCUT2D eigenvalue weighted by molar-refractivity contribution is 5.91. The molecule has 0 spiro atoms. The Morgan fingerprint density at radius 2 is 2.05 bits per heavy atom. The summed E-state index contributed by atoms with van der Waals surface area (Å²) < 4.78 is 5.14. The van der Waals surface area contributed by atoms with E-state index in [9.17, 15) is 4.79 Å². The predicted molar refractivity (Wildman–Crippen MR) is 77.2 cm³/mol. The third-order valence-electron chi connectivity index (χ3n) is 3.90. The van der Waals surface area contributed by atoms with Gasteiger partial charge in [0.05, 0.1) is 13.2 Å². The second kappa shape index (κ2) is 5.57. The maximum Gasteiger partial charge on any atom is 0.246 e. The molecular weight excluding hydrogens is 252 g/mol. The van der Waals surface area contributed by atoms with Crippen LogP contribution in [0.1, 0.15) is 24.8 Å². The second-order valence-corrected chi connectivity index (χ2v) is 5.54. The lowest BCUT2D eigenvalue weighted by molar-refractivity contribution is -0.116. The lowest BCUT2D eigenvalue weighted by Gasteiger charge is -2.16. The summed E-state index contributed by atoms with van der Waals surface area (Å²) in [5, 5.41) is 6.40. The number of nitrogens with one attached hydrogen (secondary N) is 2. The zero-order valence-corrected chi connectivity index (χ0v) is 11.7. The van der Waals surface area contributed by atoms with Crippen molar-refractivity contribution in [3.8, 4) is 5.75 Å². The molecule has 1 aliphatic heterocycles. The van der Waals surface area contributed by atoms with Gasteiger partial charge in [0.1, 0.15) is 5.75 Å². The Balaban J connectivity index is 1.57. The number of carbonyl (C=O) groups is 1. The van der Waals surface area contributed by atoms with E-state index in [1.165, 1.54) is 18.4 Å². The molecule has 106 valence electrons. The van der Waals surface area contributed by atoms with E-state index in [-0.39, 0.29) is 11.9 Å². The number of rotatable bonds is 6. The maximum absolute atomic E-state index is 11.5. The fourth-order valence-electron chi connectivity index (χ4n) is 2.53. The van der Waals surface area contributed by atoms with Crippen molar-refractivity contribution in [1.29, 1.82) is 0 Å². The summed E-state index contributed by atoms with van der Waals surface area (Å²) in [5.41, 5.74) is 2.20. The van der Waals surface area contributed by atoms with Gasteiger partial charge in [0.2, 0.25) is 5.91 Å². The van der Waals surface area contributed by atoms with Gasteiger partial charge >= 0.3 is 0 Å². The van der Waals surface area contributed by atoms with E-state index >= 15 is 0 Å². The fraction of sp³-hybridized carbons (Fsp3) is 0.438. The van der Waals surface area contributed by atoms with Gasteiger partial charge in [-0.15, -0.1) is 0 Å². The quantitative estimate of drug-likeness (QED) is 0.832. The van der Waals surface area contributed by atoms with Gasteiger partial charge in [-0.3, -0.25) is 4.79 Å². The summed E-state index contributed by atoms with van der Waals surface area (Å²) >= 11 is 0. The van der Waals surface area contributed by atoms with E-state index in [0.717, 1.165) is 30.3 Å². The molecule has 1 heterocycles. The minimum absolute atomic E-state index is 0.0212. The highest BCUT2D eigenvalue weighted by Crippen LogP contribution is 2.35. The largest absolute Gasteiger partial charge is 0.497 e. The van der Waals surface area contributed by atoms with Crippen molar-refractivity contribution in [3.63, 3.8) is 0 Å². The first kappa shape index (κ1) is 13.0. The molecule has 20 heavy (non-hydrogen) atoms. The molecule has 2 N–H and O–H groups in total. The van der Waals surface area contributed by atoms with E-state index in [2.05, 4.69) is 10.6 Å². The Labute approximate surface area is 119 Å². The zero-order chi connectivity index (χ0) is 13.9. The van der Waals surface area contributed by atoms with Crippen LogP contribution in [0, 0.1) is 5.92 Å². The average molecular weight is 272 g/mol. The summed E-state index contributed by atoms with van der Waals surface area (Å²) in [6.45, 7) is 0.728. The molecule has 1 aromatic carbocycles. The van der Waals surface area contributed by atoms with Crippen molar-refractivity contribution in [2.75, 3.05) is 7.11 Å². The molecule has 0 saturated heterocycles. The van der Waals surface area contributed by atoms with Crippen LogP contribution in [0.3, 0.4) is 0 Å². The molecule has 1 aromatic rings. The Bertz CT molecular complexity index is 518. The molecule has 0 unspecified atom stereocenters. The lowest BCUT2D eigenvalue weighted by Crippen LogP contribution is -2.33. The molecule has 3 rings (SSSR count). The van der Waals surface area contributed by atoms with Gasteiger partial charge in [-0.05, 0) is 30.0 Å². The van der Waals surface area contributed by atoms with Crippen molar-refractivity contribution < 1.29 is 9.53 Å². The van der Waals surface area contributed by atoms with Crippen LogP contribution < -0.4 is 15.4 Å². The van der Waals surface area contributed by atoms with Gasteiger partial charge in [-0.1, -0.05) is 25.0 Å². The second-order valence-electron chi connectivity index (χ2n) is 5.54. The average Bonchev–Trinajstić information content (AvgIpc) is 3.20. The van der Waals surface area contributed by atoms with Crippen LogP contribution in [0.2, 0.25) is 0 Å². The Hall–Kier alpha value is -1.97. The van der Waals surface area contributed by atoms with Crippen LogP contribution in [0.25, 0.3) is 0 Å². The molecule has 1 aliphatic carbocycles. The summed E-state index contributed by atoms with van der Waals surface area (Å²) in [5.74, 6) is 1.68. The van der Waals surface area contributed by atoms with E-state index in [1.54, 1.807) is 13.2 Å². The number of methoxy groups -OCH3 is 1. The number of hydrogen-bond acceptors (Lipinski definition) is 3. The first-order chi connectivity index (χ1) is 9.74. The summed E-state index contributed by atoms with van der Waals surface area (Å²) in [6, 6.07) is 8.14. The normalized spacial score (nSPS) is 21.4. The zero-order valence-electron chi connectivity index (χ0n) is 11.7. The van der Waals surface area contributed by atoms with E-state index in [4.69, 9.17) is 4.74 Å². The van der Waals surface area contributed by atoms with Crippen LogP contribution in [0.5, 0.6) is 5.75 Å². The number of hydrogen-bond donors (Lipinski definition) is 2. The fourth-order valence-corrected chi connectivity index (χ4v) is 2.53. The molecule has 4 heteroatoms. The highest BCUT2D eigenvalue weighted by Gasteiger charge is 2.31. The van der Waals surface area contributed by atoms with Crippen molar-refractivity contribution in [1.82, 2.24) is 10.6 Å². The van der Waals surface area contributed by atoms with E-state index in [0.29, 0.717) is 0 Å². The lowest BCUT2D eigenvalue weighted by atomic mass is 10.1. The Kier molecular flexibility index (Phi) is 3.63. The van der Waals surface area contributed by atoms with Crippen molar-refractivity contribution in [2.24, 2.45) is 5.92 Å². The minimum Gasteiger partial charge on any atom is -0.497 e. The van der Waals surface area contributed by atoms with E-state index < -0.39 is 0 Å². The van der Waals surface area contributed by atoms with Gasteiger partial charge in [-0.25, -0.2) is 0 Å². The monoisotopic (exact) mass is 272 g/mol. The molecule has 0 aromatic heterocycles. The molecule has 1 saturated carbocycles. The standard InChI is InChI=1S/C16H20N2O2/c1-20-13-6-4-12(5-7-13)10-17-14-9-16(19)18-15(14)8-11-2-3-11/h4-7,9,11,15,17H,2-3,8,10H2,1H3,(H,18,19)/t15-/m1/s1. The van der Waals surface area contributed by atoms with Gasteiger partial charge in [-0.2, -0.15) is 0 Å². The molecule has 1 fully saturated rings. The maximum atomic E-state index is 11.5. The molecule has 0 bridgehead atoms. The van der Waals surface area contributed by atoms with Gasteiger partial charge in [0, 0.05) is 18.3 Å². The van der Waals surface area contributed by atoms with Crippen molar-refractivity contribution in [2.45, 2.75) is 31.8 Å². The van der Waals surface area contributed by atoms with Gasteiger partial charge in [0.25, 0.3) is 0 Å². The first-order valence-corrected chi connectivity index (χ1v) is 7.13. The van der Waals surface area contributed by atoms with Crippen LogP contribution >= 0.6 is 0 Å². The molecule has 1 atom stereocenters. The molecule has 0 radical (unpaired) electrons. The minimum atomic E-state index is 0.0212. The van der Waals surface area contributed by atoms with Gasteiger partial charge in [0.15, 0.2) is 0 Å². The van der Waals surface area contributed by atoms with Crippen LogP contribution in [-0.2, 0) is 11.3 Å². The predicted octanol–water partition coefficient (Wildman–Crippen LogP) is 1.97. The number of amides is 1. The van der Waals surface area contributed by atoms with Crippen LogP contribution in [-0.4, -0.2) is 19.1 Å². The Morgan fingerprint density at radius 1 is 1.30 bits per heavy atom. The van der Waals surface area contributed by atoms with Crippen LogP contribution in [0.15, 0.2) is 36.0 Å². The Morgan fingerprint density at radius 3 is 2.70 bits per heavy atom. The molecule has 4 nitrogen and oxygen atoms in total. The summed E-state index contributed by atoms with van der Waals surface area (Å²) in [7, 11) is 1.66. The van der Waals surface area contributed by atoms with E-state index in [1.807, 2.05) is 24.3 Å².